The predicted molar refractivity (Wildman–Crippen MR) is 98.8 cm³/mol. The van der Waals surface area contributed by atoms with Crippen LogP contribution in [0.4, 0.5) is 0 Å². The molecule has 0 saturated carbocycles. The monoisotopic (exact) mass is 354 g/mol. The number of hydrogen-bond donors (Lipinski definition) is 1. The van der Waals surface area contributed by atoms with Gasteiger partial charge in [0.05, 0.1) is 0 Å². The minimum atomic E-state index is -0.551. The van der Waals surface area contributed by atoms with Gasteiger partial charge in [-0.05, 0) is 45.9 Å². The Morgan fingerprint density at radius 2 is 1.77 bits per heavy atom. The fraction of sp³-hybridized carbons (Fsp3) is 0.250. The number of carbonyl (C=O) groups excluding carboxylic acids is 3. The molecule has 0 bridgehead atoms. The molecule has 0 atom stereocenters. The molecule has 2 aromatic rings. The fourth-order valence-corrected chi connectivity index (χ4v) is 2.46. The van der Waals surface area contributed by atoms with E-state index in [0.717, 1.165) is 5.57 Å². The van der Waals surface area contributed by atoms with Crippen molar-refractivity contribution in [3.05, 3.63) is 70.6 Å². The van der Waals surface area contributed by atoms with E-state index in [1.807, 2.05) is 6.07 Å². The first kappa shape index (κ1) is 19.2. The van der Waals surface area contributed by atoms with Crippen molar-refractivity contribution in [2.75, 3.05) is 12.0 Å². The van der Waals surface area contributed by atoms with E-state index in [1.54, 1.807) is 62.7 Å². The van der Waals surface area contributed by atoms with E-state index in [-0.39, 0.29) is 18.3 Å². The first-order valence-electron chi connectivity index (χ1n) is 8.19. The van der Waals surface area contributed by atoms with Crippen LogP contribution in [0.15, 0.2) is 48.0 Å². The normalized spacial score (nSPS) is 10.2. The number of carbonyl (C=O) groups is 3. The fourth-order valence-electron chi connectivity index (χ4n) is 2.46. The number of aryl methyl sites for hydroxylation is 1. The lowest BCUT2D eigenvalue weighted by Crippen LogP contribution is -2.25. The number of rotatable bonds is 6. The third-order valence-electron chi connectivity index (χ3n) is 3.73. The lowest BCUT2D eigenvalue weighted by molar-refractivity contribution is -0.136. The number of benzene rings is 1. The summed E-state index contributed by atoms with van der Waals surface area (Å²) in [5, 5.41) is 0. The van der Waals surface area contributed by atoms with Crippen molar-refractivity contribution in [3.8, 4) is 0 Å². The third kappa shape index (κ3) is 4.69. The zero-order chi connectivity index (χ0) is 19.3. The topological polar surface area (TPSA) is 77.4 Å². The van der Waals surface area contributed by atoms with Crippen molar-refractivity contribution in [3.63, 3.8) is 0 Å². The van der Waals surface area contributed by atoms with Crippen molar-refractivity contribution >= 4 is 17.7 Å². The number of Topliss-reactive ketones (excluding diaryl/α,β-unsaturated/α-hetero) is 1. The summed E-state index contributed by atoms with van der Waals surface area (Å²) in [5.74, 6) is -1.15. The molecule has 0 spiro atoms. The maximum atomic E-state index is 12.4. The zero-order valence-electron chi connectivity index (χ0n) is 15.3. The Morgan fingerprint density at radius 1 is 1.12 bits per heavy atom. The molecule has 0 unspecified atom stereocenters. The van der Waals surface area contributed by atoms with Gasteiger partial charge in [-0.15, -0.1) is 0 Å². The smallest absolute Gasteiger partial charge is 0.331 e. The second kappa shape index (κ2) is 8.29. The molecule has 1 aromatic carbocycles. The summed E-state index contributed by atoms with van der Waals surface area (Å²) in [4.78, 5) is 36.2. The number of hydrogen-bond acceptors (Lipinski definition) is 4. The van der Waals surface area contributed by atoms with Gasteiger partial charge in [0.15, 0.2) is 6.61 Å². The molecule has 1 amide bonds. The Labute approximate surface area is 152 Å². The second-order valence-corrected chi connectivity index (χ2v) is 6.18. The molecule has 1 N–H and O–H groups in total. The van der Waals surface area contributed by atoms with Crippen molar-refractivity contribution in [1.29, 1.82) is 0 Å². The molecule has 0 aliphatic rings. The number of ketones is 1. The highest BCUT2D eigenvalue weighted by molar-refractivity contribution is 6.02. The summed E-state index contributed by atoms with van der Waals surface area (Å²) < 4.78 is 6.52. The second-order valence-electron chi connectivity index (χ2n) is 6.18. The van der Waals surface area contributed by atoms with Crippen molar-refractivity contribution in [2.45, 2.75) is 27.7 Å². The molecule has 1 heterocycles. The number of nitrogens with one attached hydrogen (secondary N) is 1. The Morgan fingerprint density at radius 3 is 2.38 bits per heavy atom. The molecule has 6 nitrogen and oxygen atoms in total. The van der Waals surface area contributed by atoms with Crippen LogP contribution in [0, 0.1) is 13.8 Å². The highest BCUT2D eigenvalue weighted by Gasteiger charge is 2.18. The van der Waals surface area contributed by atoms with Crippen LogP contribution in [-0.4, -0.2) is 28.9 Å². The van der Waals surface area contributed by atoms with Crippen LogP contribution in [0.1, 0.15) is 46.0 Å². The molecule has 0 aliphatic carbocycles. The Kier molecular flexibility index (Phi) is 6.11. The van der Waals surface area contributed by atoms with E-state index in [2.05, 4.69) is 5.43 Å². The highest BCUT2D eigenvalue weighted by Crippen LogP contribution is 2.15. The molecular formula is C20H22N2O4. The number of amides is 1. The summed E-state index contributed by atoms with van der Waals surface area (Å²) in [7, 11) is 0. The van der Waals surface area contributed by atoms with Gasteiger partial charge in [0.25, 0.3) is 5.91 Å². The zero-order valence-corrected chi connectivity index (χ0v) is 15.3. The molecule has 0 aliphatic heterocycles. The minimum absolute atomic E-state index is 0.276. The molecule has 1 aromatic heterocycles. The number of esters is 1. The van der Waals surface area contributed by atoms with E-state index >= 15 is 0 Å². The van der Waals surface area contributed by atoms with Gasteiger partial charge < -0.3 is 4.74 Å². The summed E-state index contributed by atoms with van der Waals surface area (Å²) in [5.41, 5.74) is 5.76. The van der Waals surface area contributed by atoms with Crippen molar-refractivity contribution in [2.24, 2.45) is 0 Å². The van der Waals surface area contributed by atoms with Crippen LogP contribution in [0.5, 0.6) is 0 Å². The Balaban J connectivity index is 2.12. The van der Waals surface area contributed by atoms with Crippen molar-refractivity contribution in [1.82, 2.24) is 4.68 Å². The number of allylic oxidation sites excluding steroid dienone is 1. The van der Waals surface area contributed by atoms with Gasteiger partial charge >= 0.3 is 5.97 Å². The first-order chi connectivity index (χ1) is 12.3. The SMILES string of the molecule is CC(C)=CC(=O)OCC(=O)c1cc(C)n(NC(=O)c2ccccc2)c1C. The van der Waals surface area contributed by atoms with Crippen LogP contribution in [0.25, 0.3) is 0 Å². The minimum Gasteiger partial charge on any atom is -0.454 e. The van der Waals surface area contributed by atoms with Crippen LogP contribution in [-0.2, 0) is 9.53 Å². The molecule has 0 saturated heterocycles. The third-order valence-corrected chi connectivity index (χ3v) is 3.73. The summed E-state index contributed by atoms with van der Waals surface area (Å²) in [6, 6.07) is 10.5. The number of nitrogens with zero attached hydrogens (tertiary/aromatic N) is 1. The van der Waals surface area contributed by atoms with E-state index < -0.39 is 5.97 Å². The van der Waals surface area contributed by atoms with Crippen LogP contribution >= 0.6 is 0 Å². The van der Waals surface area contributed by atoms with Crippen molar-refractivity contribution < 1.29 is 19.1 Å². The van der Waals surface area contributed by atoms with Gasteiger partial charge in [0.2, 0.25) is 5.78 Å². The molecule has 136 valence electrons. The predicted octanol–water partition coefficient (Wildman–Crippen LogP) is 3.18. The molecule has 2 rings (SSSR count). The average molecular weight is 354 g/mol. The van der Waals surface area contributed by atoms with Crippen LogP contribution in [0.3, 0.4) is 0 Å². The van der Waals surface area contributed by atoms with E-state index in [9.17, 15) is 14.4 Å². The maximum Gasteiger partial charge on any atom is 0.331 e. The first-order valence-corrected chi connectivity index (χ1v) is 8.19. The molecular weight excluding hydrogens is 332 g/mol. The van der Waals surface area contributed by atoms with Gasteiger partial charge in [-0.3, -0.25) is 19.7 Å². The van der Waals surface area contributed by atoms with Crippen LogP contribution in [0.2, 0.25) is 0 Å². The maximum absolute atomic E-state index is 12.4. The standard InChI is InChI=1S/C20H22N2O4/c1-13(2)10-19(24)26-12-18(23)17-11-14(3)22(15(17)4)21-20(25)16-8-6-5-7-9-16/h5-11H,12H2,1-4H3,(H,21,25). The number of aromatic nitrogens is 1. The average Bonchev–Trinajstić information content (AvgIpc) is 2.88. The summed E-state index contributed by atoms with van der Waals surface area (Å²) >= 11 is 0. The van der Waals surface area contributed by atoms with Gasteiger partial charge in [-0.1, -0.05) is 23.8 Å². The largest absolute Gasteiger partial charge is 0.454 e. The molecule has 26 heavy (non-hydrogen) atoms. The van der Waals surface area contributed by atoms with Gasteiger partial charge in [-0.2, -0.15) is 0 Å². The lowest BCUT2D eigenvalue weighted by atomic mass is 10.1. The highest BCUT2D eigenvalue weighted by atomic mass is 16.5. The van der Waals surface area contributed by atoms with Crippen LogP contribution < -0.4 is 5.43 Å². The lowest BCUT2D eigenvalue weighted by Gasteiger charge is -2.11. The van der Waals surface area contributed by atoms with E-state index in [0.29, 0.717) is 22.5 Å². The summed E-state index contributed by atoms with van der Waals surface area (Å²) in [6.07, 6.45) is 1.33. The van der Waals surface area contributed by atoms with E-state index in [1.165, 1.54) is 6.08 Å². The van der Waals surface area contributed by atoms with Gasteiger partial charge in [0, 0.05) is 28.6 Å². The van der Waals surface area contributed by atoms with Gasteiger partial charge in [-0.25, -0.2) is 4.79 Å². The van der Waals surface area contributed by atoms with Gasteiger partial charge in [0.1, 0.15) is 0 Å². The Hall–Kier alpha value is -3.15. The summed E-state index contributed by atoms with van der Waals surface area (Å²) in [6.45, 7) is 6.70. The molecule has 0 fully saturated rings. The molecule has 0 radical (unpaired) electrons. The quantitative estimate of drug-likeness (QED) is 0.491. The Bertz CT molecular complexity index is 859. The molecule has 6 heteroatoms. The number of ether oxygens (including phenoxy) is 1. The van der Waals surface area contributed by atoms with E-state index in [4.69, 9.17) is 4.74 Å².